The summed E-state index contributed by atoms with van der Waals surface area (Å²) in [7, 11) is 0. The summed E-state index contributed by atoms with van der Waals surface area (Å²) >= 11 is 0. The van der Waals surface area contributed by atoms with Crippen molar-refractivity contribution in [3.63, 3.8) is 0 Å². The molecule has 0 aliphatic heterocycles. The average Bonchev–Trinajstić information content (AvgIpc) is 3.17. The molecule has 0 unspecified atom stereocenters. The normalized spacial score (nSPS) is 10.9. The Hall–Kier alpha value is -3.49. The zero-order valence-corrected chi connectivity index (χ0v) is 11.2. The lowest BCUT2D eigenvalue weighted by molar-refractivity contribution is 0.0946. The number of benzene rings is 1. The van der Waals surface area contributed by atoms with Gasteiger partial charge in [0.05, 0.1) is 18.1 Å². The molecule has 2 heterocycles. The molecule has 0 spiro atoms. The Balaban J connectivity index is 1.73. The number of H-pyrrole nitrogens is 1. The highest BCUT2D eigenvalue weighted by Crippen LogP contribution is 2.18. The summed E-state index contributed by atoms with van der Waals surface area (Å²) in [5.74, 6) is -0.708. The van der Waals surface area contributed by atoms with Crippen LogP contribution >= 0.6 is 0 Å². The number of aromatic amines is 1. The molecule has 9 nitrogen and oxygen atoms in total. The highest BCUT2D eigenvalue weighted by atomic mass is 16.6. The van der Waals surface area contributed by atoms with Crippen LogP contribution in [0.1, 0.15) is 16.1 Å². The number of aromatic nitrogens is 4. The smallest absolute Gasteiger partial charge is 0.297 e. The van der Waals surface area contributed by atoms with Crippen molar-refractivity contribution in [3.05, 3.63) is 47.8 Å². The maximum atomic E-state index is 11.7. The van der Waals surface area contributed by atoms with E-state index in [0.29, 0.717) is 0 Å². The Bertz CT molecular complexity index is 807. The van der Waals surface area contributed by atoms with E-state index >= 15 is 0 Å². The number of amides is 1. The van der Waals surface area contributed by atoms with Gasteiger partial charge in [0.25, 0.3) is 5.91 Å². The Kier molecular flexibility index (Phi) is 3.60. The van der Waals surface area contributed by atoms with Crippen LogP contribution in [0.15, 0.2) is 46.3 Å². The van der Waals surface area contributed by atoms with Gasteiger partial charge in [0.1, 0.15) is 0 Å². The van der Waals surface area contributed by atoms with Gasteiger partial charge in [-0.15, -0.1) is 0 Å². The maximum Gasteiger partial charge on any atom is 0.297 e. The van der Waals surface area contributed by atoms with Crippen LogP contribution in [-0.2, 0) is 0 Å². The third kappa shape index (κ3) is 2.68. The lowest BCUT2D eigenvalue weighted by Gasteiger charge is -1.99. The first kappa shape index (κ1) is 13.5. The fraction of sp³-hybridized carbons (Fsp3) is 0. The van der Waals surface area contributed by atoms with Crippen LogP contribution in [0, 0.1) is 0 Å². The number of nitrogens with zero attached hydrogens (tertiary/aromatic N) is 4. The molecule has 0 bridgehead atoms. The van der Waals surface area contributed by atoms with E-state index in [9.17, 15) is 4.79 Å². The van der Waals surface area contributed by atoms with Gasteiger partial charge in [0, 0.05) is 11.1 Å². The first-order valence-electron chi connectivity index (χ1n) is 6.26. The fourth-order valence-electron chi connectivity index (χ4n) is 1.80. The van der Waals surface area contributed by atoms with Gasteiger partial charge >= 0.3 is 0 Å². The Morgan fingerprint density at radius 3 is 2.86 bits per heavy atom. The number of carbonyl (C=O) groups excluding carboxylic acids is 1. The van der Waals surface area contributed by atoms with E-state index < -0.39 is 5.91 Å². The van der Waals surface area contributed by atoms with Crippen LogP contribution < -0.4 is 11.2 Å². The number of hydrogen-bond acceptors (Lipinski definition) is 7. The maximum absolute atomic E-state index is 11.7. The molecule has 9 heteroatoms. The van der Waals surface area contributed by atoms with Gasteiger partial charge in [-0.05, 0) is 10.3 Å². The van der Waals surface area contributed by atoms with Gasteiger partial charge < -0.3 is 5.73 Å². The van der Waals surface area contributed by atoms with E-state index in [1.165, 1.54) is 6.21 Å². The third-order valence-electron chi connectivity index (χ3n) is 2.83. The van der Waals surface area contributed by atoms with Crippen LogP contribution in [0.5, 0.6) is 0 Å². The highest BCUT2D eigenvalue weighted by Gasteiger charge is 2.15. The number of nitrogens with one attached hydrogen (secondary N) is 2. The molecule has 0 aliphatic rings. The van der Waals surface area contributed by atoms with E-state index in [4.69, 9.17) is 5.73 Å². The standard InChI is InChI=1S/C13H11N7O2/c14-12-11(19-22-20-12)13(21)18-16-7-9-6-15-17-10(9)8-4-2-1-3-5-8/h1-7H,(H2,14,20)(H,15,17)(H,18,21)/b16-7-. The van der Waals surface area contributed by atoms with Gasteiger partial charge in [0.15, 0.2) is 0 Å². The molecule has 0 radical (unpaired) electrons. The van der Waals surface area contributed by atoms with E-state index in [1.54, 1.807) is 6.20 Å². The van der Waals surface area contributed by atoms with Crippen molar-refractivity contribution in [2.45, 2.75) is 0 Å². The largest absolute Gasteiger partial charge is 0.379 e. The average molecular weight is 297 g/mol. The Labute approximate surface area is 124 Å². The zero-order valence-electron chi connectivity index (χ0n) is 11.2. The Morgan fingerprint density at radius 1 is 1.32 bits per heavy atom. The Morgan fingerprint density at radius 2 is 2.14 bits per heavy atom. The van der Waals surface area contributed by atoms with E-state index in [1.807, 2.05) is 30.3 Å². The molecule has 2 aromatic heterocycles. The minimum Gasteiger partial charge on any atom is -0.379 e. The van der Waals surface area contributed by atoms with Crippen molar-refractivity contribution in [3.8, 4) is 11.3 Å². The van der Waals surface area contributed by atoms with Gasteiger partial charge in [-0.1, -0.05) is 30.3 Å². The SMILES string of the molecule is Nc1nonc1C(=O)N/N=C\c1cn[nH]c1-c1ccccc1. The number of hydrazone groups is 1. The summed E-state index contributed by atoms with van der Waals surface area (Å²) in [5, 5.41) is 17.4. The summed E-state index contributed by atoms with van der Waals surface area (Å²) in [5.41, 5.74) is 10.1. The van der Waals surface area contributed by atoms with Crippen LogP contribution in [0.25, 0.3) is 11.3 Å². The van der Waals surface area contributed by atoms with Crippen molar-refractivity contribution < 1.29 is 9.42 Å². The quantitative estimate of drug-likeness (QED) is 0.481. The minimum absolute atomic E-state index is 0.0963. The molecule has 22 heavy (non-hydrogen) atoms. The van der Waals surface area contributed by atoms with Crippen molar-refractivity contribution in [2.24, 2.45) is 5.10 Å². The molecule has 1 amide bonds. The molecular formula is C13H11N7O2. The van der Waals surface area contributed by atoms with Crippen LogP contribution in [0.4, 0.5) is 5.82 Å². The second-order valence-corrected chi connectivity index (χ2v) is 4.26. The monoisotopic (exact) mass is 297 g/mol. The van der Waals surface area contributed by atoms with Crippen molar-refractivity contribution in [1.29, 1.82) is 0 Å². The van der Waals surface area contributed by atoms with E-state index in [-0.39, 0.29) is 11.5 Å². The first-order valence-corrected chi connectivity index (χ1v) is 6.26. The van der Waals surface area contributed by atoms with Gasteiger partial charge in [-0.25, -0.2) is 10.1 Å². The number of carbonyl (C=O) groups is 1. The number of anilines is 1. The second-order valence-electron chi connectivity index (χ2n) is 4.26. The number of hydrogen-bond donors (Lipinski definition) is 3. The summed E-state index contributed by atoms with van der Waals surface area (Å²) in [4.78, 5) is 11.7. The molecule has 0 atom stereocenters. The molecule has 3 rings (SSSR count). The highest BCUT2D eigenvalue weighted by molar-refractivity contribution is 5.97. The summed E-state index contributed by atoms with van der Waals surface area (Å²) in [6.45, 7) is 0. The molecule has 110 valence electrons. The molecule has 3 aromatic rings. The van der Waals surface area contributed by atoms with Crippen LogP contribution in [0.3, 0.4) is 0 Å². The molecule has 1 aromatic carbocycles. The van der Waals surface area contributed by atoms with Crippen molar-refractivity contribution in [1.82, 2.24) is 25.9 Å². The number of nitrogen functional groups attached to an aromatic ring is 1. The fourth-order valence-corrected chi connectivity index (χ4v) is 1.80. The molecule has 4 N–H and O–H groups in total. The lowest BCUT2D eigenvalue weighted by Crippen LogP contribution is -2.19. The van der Waals surface area contributed by atoms with E-state index in [2.05, 4.69) is 35.7 Å². The lowest BCUT2D eigenvalue weighted by atomic mass is 10.1. The van der Waals surface area contributed by atoms with Crippen molar-refractivity contribution >= 4 is 17.9 Å². The van der Waals surface area contributed by atoms with Crippen LogP contribution in [0.2, 0.25) is 0 Å². The van der Waals surface area contributed by atoms with Crippen LogP contribution in [-0.4, -0.2) is 32.6 Å². The number of rotatable bonds is 4. The van der Waals surface area contributed by atoms with Gasteiger partial charge in [0.2, 0.25) is 11.5 Å². The predicted octanol–water partition coefficient (Wildman–Crippen LogP) is 0.806. The summed E-state index contributed by atoms with van der Waals surface area (Å²) in [6, 6.07) is 9.62. The minimum atomic E-state index is -0.611. The van der Waals surface area contributed by atoms with E-state index in [0.717, 1.165) is 16.8 Å². The summed E-state index contributed by atoms with van der Waals surface area (Å²) < 4.78 is 4.34. The molecule has 0 fully saturated rings. The molecular weight excluding hydrogens is 286 g/mol. The van der Waals surface area contributed by atoms with Gasteiger partial charge in [-0.3, -0.25) is 9.89 Å². The van der Waals surface area contributed by atoms with Gasteiger partial charge in [-0.2, -0.15) is 10.2 Å². The molecule has 0 aliphatic carbocycles. The molecule has 0 saturated carbocycles. The second kappa shape index (κ2) is 5.87. The zero-order chi connectivity index (χ0) is 15.4. The topological polar surface area (TPSA) is 135 Å². The summed E-state index contributed by atoms with van der Waals surface area (Å²) in [6.07, 6.45) is 3.07. The third-order valence-corrected chi connectivity index (χ3v) is 2.83. The number of nitrogens with two attached hydrogens (primary N) is 1. The van der Waals surface area contributed by atoms with Crippen molar-refractivity contribution in [2.75, 3.05) is 5.73 Å². The first-order chi connectivity index (χ1) is 10.8. The predicted molar refractivity (Wildman–Crippen MR) is 77.8 cm³/mol. The molecule has 0 saturated heterocycles.